The lowest BCUT2D eigenvalue weighted by atomic mass is 9.50. The molecule has 0 heterocycles. The second-order valence-electron chi connectivity index (χ2n) is 9.94. The molecule has 0 radical (unpaired) electrons. The Kier molecular flexibility index (Phi) is 5.27. The average Bonchev–Trinajstić information content (AvgIpc) is 2.87. The van der Waals surface area contributed by atoms with Crippen LogP contribution in [0.4, 0.5) is 0 Å². The predicted octanol–water partition coefficient (Wildman–Crippen LogP) is 6.02. The third kappa shape index (κ3) is 3.21. The number of phenolic OH excluding ortho intramolecular Hbond substituents is 1. The van der Waals surface area contributed by atoms with Gasteiger partial charge in [0.25, 0.3) is 0 Å². The van der Waals surface area contributed by atoms with Crippen LogP contribution < -0.4 is 0 Å². The van der Waals surface area contributed by atoms with Crippen LogP contribution in [-0.4, -0.2) is 21.7 Å². The van der Waals surface area contributed by atoms with Crippen molar-refractivity contribution in [3.05, 3.63) is 29.3 Å². The van der Waals surface area contributed by atoms with Gasteiger partial charge in [-0.3, -0.25) is 0 Å². The molecule has 2 fully saturated rings. The molecule has 3 aliphatic carbocycles. The van der Waals surface area contributed by atoms with Gasteiger partial charge in [0.2, 0.25) is 0 Å². The number of unbranched alkanes of at least 4 members (excludes halogenated alkanes) is 2. The van der Waals surface area contributed by atoms with Crippen molar-refractivity contribution in [1.29, 1.82) is 0 Å². The Bertz CT molecular complexity index is 685. The van der Waals surface area contributed by atoms with Crippen LogP contribution in [0.25, 0.3) is 0 Å². The maximum absolute atomic E-state index is 11.2. The minimum Gasteiger partial charge on any atom is -0.508 e. The van der Waals surface area contributed by atoms with Gasteiger partial charge in [0.1, 0.15) is 5.75 Å². The summed E-state index contributed by atoms with van der Waals surface area (Å²) in [5.41, 5.74) is 2.37. The lowest BCUT2D eigenvalue weighted by Crippen LogP contribution is -2.51. The molecule has 0 saturated heterocycles. The Morgan fingerprint density at radius 2 is 1.93 bits per heavy atom. The molecule has 4 rings (SSSR count). The normalized spacial score (nSPS) is 40.3. The van der Waals surface area contributed by atoms with E-state index < -0.39 is 5.60 Å². The highest BCUT2D eigenvalue weighted by Crippen LogP contribution is 2.65. The van der Waals surface area contributed by atoms with Crippen LogP contribution >= 0.6 is 11.6 Å². The van der Waals surface area contributed by atoms with E-state index in [1.807, 2.05) is 12.1 Å². The molecule has 3 heteroatoms. The van der Waals surface area contributed by atoms with Gasteiger partial charge in [-0.1, -0.05) is 25.8 Å². The number of phenols is 1. The highest BCUT2D eigenvalue weighted by atomic mass is 35.5. The molecule has 150 valence electrons. The van der Waals surface area contributed by atoms with Gasteiger partial charge in [-0.15, -0.1) is 11.6 Å². The Balaban J connectivity index is 1.66. The van der Waals surface area contributed by atoms with Crippen LogP contribution in [0.2, 0.25) is 0 Å². The molecule has 27 heavy (non-hydrogen) atoms. The van der Waals surface area contributed by atoms with Crippen molar-refractivity contribution in [2.75, 3.05) is 5.88 Å². The Hall–Kier alpha value is -0.730. The topological polar surface area (TPSA) is 40.5 Å². The fraction of sp³-hybridized carbons (Fsp3) is 0.750. The van der Waals surface area contributed by atoms with Gasteiger partial charge in [-0.05, 0) is 104 Å². The molecule has 1 aromatic rings. The molecular weight excluding hydrogens is 356 g/mol. The minimum atomic E-state index is -0.527. The molecule has 2 saturated carbocycles. The maximum Gasteiger partial charge on any atom is 0.115 e. The summed E-state index contributed by atoms with van der Waals surface area (Å²) in [5.74, 6) is 3.71. The summed E-state index contributed by atoms with van der Waals surface area (Å²) in [6, 6.07) is 6.06. The second kappa shape index (κ2) is 7.26. The molecule has 0 unspecified atom stereocenters. The first-order valence-corrected chi connectivity index (χ1v) is 11.5. The van der Waals surface area contributed by atoms with Crippen LogP contribution in [0.3, 0.4) is 0 Å². The van der Waals surface area contributed by atoms with Crippen molar-refractivity contribution in [3.63, 3.8) is 0 Å². The maximum atomic E-state index is 11.2. The molecule has 2 nitrogen and oxygen atoms in total. The van der Waals surface area contributed by atoms with Crippen molar-refractivity contribution in [3.8, 4) is 5.75 Å². The molecular formula is C24H35ClO2. The Morgan fingerprint density at radius 1 is 1.11 bits per heavy atom. The SMILES string of the molecule is C[C@]12CC[C@@H]3c4ccc(O)cc4C[C@@H](CCCCCCl)[C@H]3[C@@H]1CC[C@@]2(C)O. The Morgan fingerprint density at radius 3 is 2.70 bits per heavy atom. The van der Waals surface area contributed by atoms with Crippen LogP contribution in [0, 0.1) is 23.2 Å². The Labute approximate surface area is 169 Å². The number of aliphatic hydroxyl groups is 1. The van der Waals surface area contributed by atoms with Gasteiger partial charge in [0.05, 0.1) is 5.60 Å². The summed E-state index contributed by atoms with van der Waals surface area (Å²) in [6.45, 7) is 4.44. The molecule has 0 aromatic heterocycles. The summed E-state index contributed by atoms with van der Waals surface area (Å²) in [7, 11) is 0. The number of rotatable bonds is 5. The van der Waals surface area contributed by atoms with Crippen molar-refractivity contribution < 1.29 is 10.2 Å². The highest BCUT2D eigenvalue weighted by Gasteiger charge is 2.60. The van der Waals surface area contributed by atoms with Crippen molar-refractivity contribution in [2.45, 2.75) is 83.2 Å². The van der Waals surface area contributed by atoms with E-state index in [-0.39, 0.29) is 5.41 Å². The first-order chi connectivity index (χ1) is 12.9. The molecule has 3 aliphatic rings. The predicted molar refractivity (Wildman–Crippen MR) is 111 cm³/mol. The van der Waals surface area contributed by atoms with Crippen LogP contribution in [0.1, 0.15) is 82.3 Å². The first kappa shape index (κ1) is 19.6. The molecule has 1 aromatic carbocycles. The van der Waals surface area contributed by atoms with Crippen molar-refractivity contribution >= 4 is 11.6 Å². The molecule has 2 N–H and O–H groups in total. The van der Waals surface area contributed by atoms with Crippen molar-refractivity contribution in [1.82, 2.24) is 0 Å². The number of benzene rings is 1. The van der Waals surface area contributed by atoms with Crippen LogP contribution in [0.15, 0.2) is 18.2 Å². The van der Waals surface area contributed by atoms with Gasteiger partial charge in [-0.25, -0.2) is 0 Å². The van der Waals surface area contributed by atoms with E-state index >= 15 is 0 Å². The van der Waals surface area contributed by atoms with E-state index in [0.717, 1.165) is 38.0 Å². The van der Waals surface area contributed by atoms with Gasteiger partial charge >= 0.3 is 0 Å². The van der Waals surface area contributed by atoms with Crippen molar-refractivity contribution in [2.24, 2.45) is 23.2 Å². The minimum absolute atomic E-state index is 0.0526. The van der Waals surface area contributed by atoms with E-state index in [1.54, 1.807) is 0 Å². The average molecular weight is 391 g/mol. The number of alkyl halides is 1. The number of fused-ring (bicyclic) bond motifs is 5. The zero-order chi connectivity index (χ0) is 19.2. The van der Waals surface area contributed by atoms with E-state index in [1.165, 1.54) is 36.8 Å². The third-order valence-corrected chi connectivity index (χ3v) is 8.92. The largest absolute Gasteiger partial charge is 0.508 e. The van der Waals surface area contributed by atoms with E-state index in [0.29, 0.717) is 29.4 Å². The van der Waals surface area contributed by atoms with E-state index in [9.17, 15) is 10.2 Å². The zero-order valence-corrected chi connectivity index (χ0v) is 17.6. The fourth-order valence-corrected chi connectivity index (χ4v) is 7.17. The summed E-state index contributed by atoms with van der Waals surface area (Å²) < 4.78 is 0. The zero-order valence-electron chi connectivity index (χ0n) is 16.9. The van der Waals surface area contributed by atoms with E-state index in [2.05, 4.69) is 19.9 Å². The molecule has 0 amide bonds. The van der Waals surface area contributed by atoms with E-state index in [4.69, 9.17) is 11.6 Å². The lowest BCUT2D eigenvalue weighted by molar-refractivity contribution is -0.0988. The monoisotopic (exact) mass is 390 g/mol. The molecule has 6 atom stereocenters. The van der Waals surface area contributed by atoms with Gasteiger partial charge in [0.15, 0.2) is 0 Å². The summed E-state index contributed by atoms with van der Waals surface area (Å²) >= 11 is 5.89. The standard InChI is InChI=1S/C24H35ClO2/c1-23-11-9-20-19-8-7-18(26)15-17(19)14-16(6-4-3-5-13-25)22(20)21(23)10-12-24(23,2)27/h7-8,15-16,20-22,26-27H,3-6,9-14H2,1-2H3/t16-,20-,21+,22-,23+,24-/m1/s1. The number of aromatic hydroxyl groups is 1. The number of hydrogen-bond donors (Lipinski definition) is 2. The van der Waals surface area contributed by atoms with Gasteiger partial charge in [-0.2, -0.15) is 0 Å². The summed E-state index contributed by atoms with van der Waals surface area (Å²) in [4.78, 5) is 0. The highest BCUT2D eigenvalue weighted by molar-refractivity contribution is 6.17. The van der Waals surface area contributed by atoms with Gasteiger partial charge < -0.3 is 10.2 Å². The summed E-state index contributed by atoms with van der Waals surface area (Å²) in [6.07, 6.45) is 10.3. The van der Waals surface area contributed by atoms with Crippen LogP contribution in [-0.2, 0) is 6.42 Å². The fourth-order valence-electron chi connectivity index (χ4n) is 6.98. The van der Waals surface area contributed by atoms with Gasteiger partial charge in [0, 0.05) is 5.88 Å². The second-order valence-corrected chi connectivity index (χ2v) is 10.3. The molecule has 0 aliphatic heterocycles. The molecule has 0 bridgehead atoms. The quantitative estimate of drug-likeness (QED) is 0.476. The molecule has 0 spiro atoms. The lowest BCUT2D eigenvalue weighted by Gasteiger charge is -2.55. The number of halogens is 1. The number of hydrogen-bond acceptors (Lipinski definition) is 2. The summed E-state index contributed by atoms with van der Waals surface area (Å²) in [5, 5.41) is 21.2. The smallest absolute Gasteiger partial charge is 0.115 e. The van der Waals surface area contributed by atoms with Crippen LogP contribution in [0.5, 0.6) is 5.75 Å². The third-order valence-electron chi connectivity index (χ3n) is 8.66. The first-order valence-electron chi connectivity index (χ1n) is 11.0.